The molecule has 0 radical (unpaired) electrons. The molecule has 2 aliphatic heterocycles. The molecule has 2 rings (SSSR count). The zero-order valence-corrected chi connectivity index (χ0v) is 6.93. The lowest BCUT2D eigenvalue weighted by Crippen LogP contribution is -2.13. The van der Waals surface area contributed by atoms with Crippen molar-refractivity contribution in [3.8, 4) is 0 Å². The molecule has 52 valence electrons. The average molecular weight is 199 g/mol. The van der Waals surface area contributed by atoms with Crippen LogP contribution in [0.5, 0.6) is 0 Å². The van der Waals surface area contributed by atoms with E-state index >= 15 is 0 Å². The lowest BCUT2D eigenvalue weighted by Gasteiger charge is -2.16. The molecule has 0 saturated heterocycles. The van der Waals surface area contributed by atoms with Crippen LogP contribution in [-0.2, 0) is 0 Å². The Morgan fingerprint density at radius 2 is 2.50 bits per heavy atom. The van der Waals surface area contributed by atoms with Crippen molar-refractivity contribution in [2.75, 3.05) is 6.54 Å². The van der Waals surface area contributed by atoms with Crippen LogP contribution in [0.2, 0.25) is 0 Å². The third-order valence-electron chi connectivity index (χ3n) is 1.57. The highest BCUT2D eigenvalue weighted by atomic mass is 79.9. The van der Waals surface area contributed by atoms with E-state index < -0.39 is 0 Å². The monoisotopic (exact) mass is 198 g/mol. The molecule has 0 amide bonds. The minimum Gasteiger partial charge on any atom is -0.380 e. The number of nitrogens with zero attached hydrogens (tertiary/aromatic N) is 1. The van der Waals surface area contributed by atoms with Gasteiger partial charge in [0.25, 0.3) is 0 Å². The van der Waals surface area contributed by atoms with Gasteiger partial charge in [0.15, 0.2) is 0 Å². The molecule has 0 atom stereocenters. The van der Waals surface area contributed by atoms with Gasteiger partial charge in [0.05, 0.1) is 27.5 Å². The molecule has 2 aliphatic rings. The van der Waals surface area contributed by atoms with Crippen molar-refractivity contribution in [3.63, 3.8) is 0 Å². The first kappa shape index (κ1) is 6.04. The van der Waals surface area contributed by atoms with Crippen molar-refractivity contribution < 1.29 is 0 Å². The second-order valence-corrected chi connectivity index (χ2v) is 2.97. The van der Waals surface area contributed by atoms with Crippen molar-refractivity contribution in [2.24, 2.45) is 0 Å². The SMILES string of the molecule is BrN1C=CC=C2NCC=C21. The van der Waals surface area contributed by atoms with Gasteiger partial charge in [-0.25, -0.2) is 0 Å². The minimum atomic E-state index is 0.935. The van der Waals surface area contributed by atoms with E-state index in [0.29, 0.717) is 0 Å². The third kappa shape index (κ3) is 0.778. The minimum absolute atomic E-state index is 0.935. The summed E-state index contributed by atoms with van der Waals surface area (Å²) in [5, 5.41) is 3.23. The zero-order valence-electron chi connectivity index (χ0n) is 5.34. The molecule has 0 unspecified atom stereocenters. The number of rotatable bonds is 0. The summed E-state index contributed by atoms with van der Waals surface area (Å²) in [4.78, 5) is 0. The van der Waals surface area contributed by atoms with Gasteiger partial charge < -0.3 is 5.32 Å². The second-order valence-electron chi connectivity index (χ2n) is 2.20. The highest BCUT2D eigenvalue weighted by Crippen LogP contribution is 2.24. The van der Waals surface area contributed by atoms with Crippen LogP contribution in [0.1, 0.15) is 0 Å². The van der Waals surface area contributed by atoms with Crippen LogP contribution >= 0.6 is 16.1 Å². The Kier molecular flexibility index (Phi) is 1.31. The number of hydrogen-bond donors (Lipinski definition) is 1. The number of fused-ring (bicyclic) bond motifs is 1. The molecule has 0 aromatic rings. The van der Waals surface area contributed by atoms with E-state index in [9.17, 15) is 0 Å². The quantitative estimate of drug-likeness (QED) is 0.594. The van der Waals surface area contributed by atoms with Crippen molar-refractivity contribution >= 4 is 16.1 Å². The molecular formula is C7H7BrN2. The summed E-state index contributed by atoms with van der Waals surface area (Å²) in [6, 6.07) is 0. The van der Waals surface area contributed by atoms with E-state index in [1.165, 1.54) is 11.4 Å². The van der Waals surface area contributed by atoms with Crippen LogP contribution in [0.25, 0.3) is 0 Å². The molecule has 0 aliphatic carbocycles. The van der Waals surface area contributed by atoms with Crippen molar-refractivity contribution in [3.05, 3.63) is 35.8 Å². The number of hydrogen-bond acceptors (Lipinski definition) is 2. The topological polar surface area (TPSA) is 15.3 Å². The van der Waals surface area contributed by atoms with Gasteiger partial charge in [-0.2, -0.15) is 0 Å². The van der Waals surface area contributed by atoms with Gasteiger partial charge in [-0.05, 0) is 18.2 Å². The second kappa shape index (κ2) is 2.16. The molecule has 2 nitrogen and oxygen atoms in total. The van der Waals surface area contributed by atoms with Crippen molar-refractivity contribution in [1.29, 1.82) is 0 Å². The molecule has 10 heavy (non-hydrogen) atoms. The maximum atomic E-state index is 3.39. The molecule has 0 spiro atoms. The lowest BCUT2D eigenvalue weighted by atomic mass is 10.3. The Morgan fingerprint density at radius 1 is 1.60 bits per heavy atom. The van der Waals surface area contributed by atoms with E-state index in [1.807, 2.05) is 16.2 Å². The van der Waals surface area contributed by atoms with Crippen molar-refractivity contribution in [1.82, 2.24) is 9.24 Å². The summed E-state index contributed by atoms with van der Waals surface area (Å²) < 4.78 is 1.93. The summed E-state index contributed by atoms with van der Waals surface area (Å²) >= 11 is 3.39. The molecule has 0 bridgehead atoms. The van der Waals surface area contributed by atoms with E-state index in [4.69, 9.17) is 0 Å². The van der Waals surface area contributed by atoms with E-state index in [1.54, 1.807) is 0 Å². The van der Waals surface area contributed by atoms with E-state index in [0.717, 1.165) is 6.54 Å². The van der Waals surface area contributed by atoms with Crippen LogP contribution in [0.15, 0.2) is 35.8 Å². The molecule has 0 saturated carbocycles. The van der Waals surface area contributed by atoms with Gasteiger partial charge in [-0.3, -0.25) is 3.93 Å². The molecule has 3 heteroatoms. The summed E-state index contributed by atoms with van der Waals surface area (Å²) in [6.45, 7) is 0.935. The third-order valence-corrected chi connectivity index (χ3v) is 2.19. The molecule has 2 heterocycles. The normalized spacial score (nSPS) is 21.5. The predicted molar refractivity (Wildman–Crippen MR) is 44.1 cm³/mol. The van der Waals surface area contributed by atoms with Gasteiger partial charge in [-0.15, -0.1) is 0 Å². The maximum absolute atomic E-state index is 3.39. The fraction of sp³-hybridized carbons (Fsp3) is 0.143. The lowest BCUT2D eigenvalue weighted by molar-refractivity contribution is 0.786. The summed E-state index contributed by atoms with van der Waals surface area (Å²) in [7, 11) is 0. The Labute approximate surface area is 68.2 Å². The van der Waals surface area contributed by atoms with Gasteiger partial charge in [0.1, 0.15) is 0 Å². The van der Waals surface area contributed by atoms with Crippen LogP contribution in [0, 0.1) is 0 Å². The molecule has 0 fully saturated rings. The summed E-state index contributed by atoms with van der Waals surface area (Å²) in [6.07, 6.45) is 8.18. The van der Waals surface area contributed by atoms with Crippen LogP contribution in [0.3, 0.4) is 0 Å². The zero-order chi connectivity index (χ0) is 6.97. The molecule has 1 N–H and O–H groups in total. The largest absolute Gasteiger partial charge is 0.380 e. The molecular weight excluding hydrogens is 192 g/mol. The Balaban J connectivity index is 2.39. The molecule has 0 aromatic carbocycles. The van der Waals surface area contributed by atoms with Gasteiger partial charge in [0.2, 0.25) is 0 Å². The van der Waals surface area contributed by atoms with Gasteiger partial charge in [0, 0.05) is 12.7 Å². The number of halogens is 1. The highest BCUT2D eigenvalue weighted by molar-refractivity contribution is 9.07. The van der Waals surface area contributed by atoms with Gasteiger partial charge >= 0.3 is 0 Å². The number of nitrogens with one attached hydrogen (secondary N) is 1. The summed E-state index contributed by atoms with van der Waals surface area (Å²) in [5.74, 6) is 0. The van der Waals surface area contributed by atoms with Gasteiger partial charge in [-0.1, -0.05) is 0 Å². The Morgan fingerprint density at radius 3 is 3.30 bits per heavy atom. The first-order valence-electron chi connectivity index (χ1n) is 3.16. The number of allylic oxidation sites excluding steroid dienone is 2. The van der Waals surface area contributed by atoms with Crippen LogP contribution in [0.4, 0.5) is 0 Å². The predicted octanol–water partition coefficient (Wildman–Crippen LogP) is 1.50. The maximum Gasteiger partial charge on any atom is 0.0727 e. The highest BCUT2D eigenvalue weighted by Gasteiger charge is 2.15. The van der Waals surface area contributed by atoms with Crippen molar-refractivity contribution in [2.45, 2.75) is 0 Å². The average Bonchev–Trinajstić information content (AvgIpc) is 2.36. The first-order chi connectivity index (χ1) is 4.88. The van der Waals surface area contributed by atoms with E-state index in [-0.39, 0.29) is 0 Å². The Bertz CT molecular complexity index is 240. The fourth-order valence-corrected chi connectivity index (χ4v) is 1.57. The van der Waals surface area contributed by atoms with E-state index in [2.05, 4.69) is 33.6 Å². The van der Waals surface area contributed by atoms with Crippen LogP contribution in [-0.4, -0.2) is 10.5 Å². The molecule has 0 aromatic heterocycles. The fourth-order valence-electron chi connectivity index (χ4n) is 1.10. The Hall–Kier alpha value is -0.700. The summed E-state index contributed by atoms with van der Waals surface area (Å²) in [5.41, 5.74) is 2.40. The smallest absolute Gasteiger partial charge is 0.0727 e. The first-order valence-corrected chi connectivity index (χ1v) is 3.87. The van der Waals surface area contributed by atoms with Crippen LogP contribution < -0.4 is 5.32 Å². The standard InChI is InChI=1S/C7H7BrN2/c8-10-5-1-2-6-7(10)3-4-9-6/h1-3,5,9H,4H2.